The van der Waals surface area contributed by atoms with E-state index in [0.717, 1.165) is 34.8 Å². The first kappa shape index (κ1) is 86.9. The predicted octanol–water partition coefficient (Wildman–Crippen LogP) is 32.6. The van der Waals surface area contributed by atoms with Gasteiger partial charge in [0.05, 0.1) is 7.11 Å². The van der Waals surface area contributed by atoms with Crippen molar-refractivity contribution in [2.75, 3.05) is 31.6 Å². The van der Waals surface area contributed by atoms with Crippen LogP contribution < -0.4 is 29.2 Å². The summed E-state index contributed by atoms with van der Waals surface area (Å²) in [4.78, 5) is 11.5. The van der Waals surface area contributed by atoms with Crippen molar-refractivity contribution >= 4 is 85.3 Å². The van der Waals surface area contributed by atoms with E-state index in [1.54, 1.807) is 7.11 Å². The van der Waals surface area contributed by atoms with Crippen molar-refractivity contribution in [2.24, 2.45) is 0 Å². The van der Waals surface area contributed by atoms with E-state index in [1.165, 1.54) is 180 Å². The zero-order valence-corrected chi connectivity index (χ0v) is 74.2. The van der Waals surface area contributed by atoms with E-state index in [4.69, 9.17) is 4.74 Å². The fraction of sp³-hybridized carbons (Fsp3) is 0.204. The van der Waals surface area contributed by atoms with E-state index in [-0.39, 0.29) is 0 Å². The van der Waals surface area contributed by atoms with Crippen LogP contribution in [0, 0.1) is 132 Å². The van der Waals surface area contributed by atoms with Crippen LogP contribution in [-0.4, -0.2) is 7.11 Å². The number of benzene rings is 15. The average molecular weight is 1570 g/mol. The molecular formula is C113H121N5O. The fourth-order valence-corrected chi connectivity index (χ4v) is 14.3. The highest BCUT2D eigenvalue weighted by atomic mass is 16.5. The minimum Gasteiger partial charge on any atom is -0.496 e. The van der Waals surface area contributed by atoms with E-state index in [9.17, 15) is 0 Å². The average Bonchev–Trinajstić information content (AvgIpc) is 0.808. The molecule has 0 radical (unpaired) electrons. The zero-order valence-electron chi connectivity index (χ0n) is 74.2. The number of hydrogen-bond acceptors (Lipinski definition) is 6. The molecule has 0 heterocycles. The summed E-state index contributed by atoms with van der Waals surface area (Å²) < 4.78 is 5.52. The summed E-state index contributed by atoms with van der Waals surface area (Å²) in [7, 11) is 1.72. The summed E-state index contributed by atoms with van der Waals surface area (Å²) in [5.41, 5.74) is 43.6. The second kappa shape index (κ2) is 40.8. The first-order valence-electron chi connectivity index (χ1n) is 41.8. The monoisotopic (exact) mass is 1560 g/mol. The van der Waals surface area contributed by atoms with Crippen LogP contribution >= 0.6 is 0 Å². The van der Waals surface area contributed by atoms with Crippen molar-refractivity contribution in [1.29, 1.82) is 0 Å². The SMILES string of the molecule is CCCc1cc(N(c2ccc(C)cc2)c2ccc(C)cc2)ccc1C.COc1cc(N(c2ccc(C)cc2)c2ccc(C)cc2)ccc1C.Cc1ccc(N(c2ccc(C)cc2)c2cc(C)c(C)c(C)c2)cc1.Cc1ccc(N(c2ccc(C)cc2)c2ccc(C)c(C)c2)cc1.Cc1ccc(N(c2ccc(C)cc2)c2ccc(C)c(C)c2)cc1. The van der Waals surface area contributed by atoms with Crippen LogP contribution in [0.15, 0.2) is 328 Å². The highest BCUT2D eigenvalue weighted by Crippen LogP contribution is 2.43. The lowest BCUT2D eigenvalue weighted by Crippen LogP contribution is -2.11. The second-order valence-electron chi connectivity index (χ2n) is 32.3. The van der Waals surface area contributed by atoms with Gasteiger partial charge in [-0.05, 0) is 370 Å². The van der Waals surface area contributed by atoms with Crippen LogP contribution in [-0.2, 0) is 6.42 Å². The van der Waals surface area contributed by atoms with Crippen molar-refractivity contribution in [1.82, 2.24) is 0 Å². The van der Waals surface area contributed by atoms with Gasteiger partial charge in [0.15, 0.2) is 0 Å². The van der Waals surface area contributed by atoms with E-state index < -0.39 is 0 Å². The number of nitrogens with zero attached hydrogens (tertiary/aromatic N) is 5. The molecule has 604 valence electrons. The quantitative estimate of drug-likeness (QED) is 0.0849. The molecule has 0 amide bonds. The van der Waals surface area contributed by atoms with Gasteiger partial charge in [-0.3, -0.25) is 0 Å². The van der Waals surface area contributed by atoms with Gasteiger partial charge in [0.25, 0.3) is 0 Å². The molecule has 0 aliphatic carbocycles. The Hall–Kier alpha value is -12.9. The molecule has 0 atom stereocenters. The summed E-state index contributed by atoms with van der Waals surface area (Å²) in [6, 6.07) is 118. The molecule has 0 saturated carbocycles. The Kier molecular flexibility index (Phi) is 29.8. The zero-order chi connectivity index (χ0) is 85.0. The van der Waals surface area contributed by atoms with Crippen LogP contribution in [0.5, 0.6) is 5.75 Å². The first-order chi connectivity index (χ1) is 57.2. The molecule has 0 fully saturated rings. The Balaban J connectivity index is 0.000000146. The van der Waals surface area contributed by atoms with Crippen LogP contribution in [0.4, 0.5) is 85.3 Å². The molecule has 15 aromatic rings. The molecule has 6 heteroatoms. The molecular weight excluding hydrogens is 1440 g/mol. The normalized spacial score (nSPS) is 10.6. The third kappa shape index (κ3) is 23.1. The molecule has 6 nitrogen and oxygen atoms in total. The molecule has 15 rings (SSSR count). The molecule has 15 aromatic carbocycles. The Labute approximate surface area is 713 Å². The van der Waals surface area contributed by atoms with Crippen LogP contribution in [0.25, 0.3) is 0 Å². The predicted molar refractivity (Wildman–Crippen MR) is 516 cm³/mol. The van der Waals surface area contributed by atoms with Crippen LogP contribution in [0.1, 0.15) is 125 Å². The summed E-state index contributed by atoms with van der Waals surface area (Å²) >= 11 is 0. The summed E-state index contributed by atoms with van der Waals surface area (Å²) in [6.45, 7) is 42.9. The van der Waals surface area contributed by atoms with Gasteiger partial charge in [-0.15, -0.1) is 0 Å². The molecule has 119 heavy (non-hydrogen) atoms. The third-order valence-electron chi connectivity index (χ3n) is 22.3. The smallest absolute Gasteiger partial charge is 0.123 e. The molecule has 0 aliphatic heterocycles. The van der Waals surface area contributed by atoms with Gasteiger partial charge < -0.3 is 29.2 Å². The minimum absolute atomic E-state index is 0.900. The van der Waals surface area contributed by atoms with Gasteiger partial charge in [0.2, 0.25) is 0 Å². The van der Waals surface area contributed by atoms with Gasteiger partial charge in [-0.1, -0.05) is 215 Å². The molecule has 0 spiro atoms. The van der Waals surface area contributed by atoms with Crippen LogP contribution in [0.3, 0.4) is 0 Å². The Morgan fingerprint density at radius 2 is 0.361 bits per heavy atom. The molecule has 0 N–H and O–H groups in total. The molecule has 0 unspecified atom stereocenters. The highest BCUT2D eigenvalue weighted by molar-refractivity contribution is 5.83. The maximum atomic E-state index is 5.52. The maximum absolute atomic E-state index is 5.52. The van der Waals surface area contributed by atoms with E-state index >= 15 is 0 Å². The standard InChI is InChI=1S/C24H27N.C23H25N.C22H23NO.2C22H23N/c1-5-6-21-17-24(16-11-20(21)4)25(22-12-7-18(2)8-13-22)23-14-9-19(3)10-15-23;1-16-6-10-21(11-7-16)24(22-12-8-17(2)9-13-22)23-14-18(3)20(5)19(4)15-23;1-16-5-10-19(11-6-16)23(20-12-7-17(2)8-13-20)21-14-9-18(3)22(15-21)24-4;2*1-16-5-10-20(11-6-16)23(21-12-7-17(2)8-13-21)22-14-9-18(3)19(4)15-22/h7-17H,5-6H2,1-4H3;6-15H,1-5H3;5-15H,1-4H3;2*5-15H,1-4H3. The van der Waals surface area contributed by atoms with Gasteiger partial charge in [0, 0.05) is 91.4 Å². The number of rotatable bonds is 18. The Bertz CT molecular complexity index is 5380. The molecule has 0 aliphatic rings. The van der Waals surface area contributed by atoms with Crippen molar-refractivity contribution in [3.63, 3.8) is 0 Å². The van der Waals surface area contributed by atoms with Crippen molar-refractivity contribution in [3.8, 4) is 5.75 Å². The largest absolute Gasteiger partial charge is 0.496 e. The number of anilines is 15. The van der Waals surface area contributed by atoms with Crippen molar-refractivity contribution < 1.29 is 4.74 Å². The fourth-order valence-electron chi connectivity index (χ4n) is 14.3. The molecule has 0 bridgehead atoms. The van der Waals surface area contributed by atoms with Gasteiger partial charge in [0.1, 0.15) is 5.75 Å². The van der Waals surface area contributed by atoms with Gasteiger partial charge in [-0.25, -0.2) is 0 Å². The minimum atomic E-state index is 0.900. The maximum Gasteiger partial charge on any atom is 0.123 e. The Morgan fingerprint density at radius 3 is 0.580 bits per heavy atom. The van der Waals surface area contributed by atoms with E-state index in [2.05, 4.69) is 491 Å². The lowest BCUT2D eigenvalue weighted by Gasteiger charge is -2.27. The molecule has 0 saturated heterocycles. The van der Waals surface area contributed by atoms with Crippen LogP contribution in [0.2, 0.25) is 0 Å². The van der Waals surface area contributed by atoms with Gasteiger partial charge in [-0.2, -0.15) is 0 Å². The number of aryl methyl sites for hydroxylation is 19. The summed E-state index contributed by atoms with van der Waals surface area (Å²) in [5.74, 6) is 0.900. The highest BCUT2D eigenvalue weighted by Gasteiger charge is 2.20. The number of methoxy groups -OCH3 is 1. The second-order valence-corrected chi connectivity index (χ2v) is 32.3. The lowest BCUT2D eigenvalue weighted by atomic mass is 10.0. The van der Waals surface area contributed by atoms with Gasteiger partial charge >= 0.3 is 0 Å². The number of ether oxygens (including phenoxy) is 1. The first-order valence-corrected chi connectivity index (χ1v) is 41.8. The topological polar surface area (TPSA) is 25.4 Å². The number of hydrogen-bond donors (Lipinski definition) is 0. The van der Waals surface area contributed by atoms with Crippen molar-refractivity contribution in [3.05, 3.63) is 439 Å². The van der Waals surface area contributed by atoms with E-state index in [1.807, 2.05) is 0 Å². The summed E-state index contributed by atoms with van der Waals surface area (Å²) in [5, 5.41) is 0. The summed E-state index contributed by atoms with van der Waals surface area (Å²) in [6.07, 6.45) is 2.29. The lowest BCUT2D eigenvalue weighted by molar-refractivity contribution is 0.412. The Morgan fingerprint density at radius 1 is 0.176 bits per heavy atom. The van der Waals surface area contributed by atoms with Crippen molar-refractivity contribution in [2.45, 2.75) is 151 Å². The molecule has 0 aromatic heterocycles. The van der Waals surface area contributed by atoms with E-state index in [0.29, 0.717) is 0 Å². The third-order valence-corrected chi connectivity index (χ3v) is 22.3.